The molecule has 0 unspecified atom stereocenters. The summed E-state index contributed by atoms with van der Waals surface area (Å²) < 4.78 is 20.6. The number of pyridine rings is 1. The van der Waals surface area contributed by atoms with E-state index >= 15 is 0 Å². The number of hydrogen-bond acceptors (Lipinski definition) is 7. The van der Waals surface area contributed by atoms with E-state index in [-0.39, 0.29) is 11.9 Å². The molecular formula is C26H29FN6O. The summed E-state index contributed by atoms with van der Waals surface area (Å²) in [6.45, 7) is 3.76. The summed E-state index contributed by atoms with van der Waals surface area (Å²) in [4.78, 5) is 16.3. The van der Waals surface area contributed by atoms with Gasteiger partial charge in [-0.2, -0.15) is 9.97 Å². The van der Waals surface area contributed by atoms with Crippen molar-refractivity contribution in [3.63, 3.8) is 0 Å². The molecule has 1 aromatic carbocycles. The van der Waals surface area contributed by atoms with Crippen LogP contribution in [-0.2, 0) is 6.42 Å². The Morgan fingerprint density at radius 3 is 2.79 bits per heavy atom. The molecule has 3 N–H and O–H groups in total. The number of nitrogens with two attached hydrogens (primary N) is 1. The summed E-state index contributed by atoms with van der Waals surface area (Å²) in [5.74, 6) is 2.32. The molecule has 1 saturated carbocycles. The van der Waals surface area contributed by atoms with Crippen LogP contribution in [0.2, 0.25) is 0 Å². The van der Waals surface area contributed by atoms with Crippen LogP contribution in [0.25, 0.3) is 11.1 Å². The molecular weight excluding hydrogens is 431 g/mol. The van der Waals surface area contributed by atoms with Crippen LogP contribution >= 0.6 is 0 Å². The van der Waals surface area contributed by atoms with Gasteiger partial charge in [-0.3, -0.25) is 4.98 Å². The third-order valence-corrected chi connectivity index (χ3v) is 7.53. The summed E-state index contributed by atoms with van der Waals surface area (Å²) in [6.07, 6.45) is 5.54. The molecule has 176 valence electrons. The number of benzene rings is 1. The predicted molar refractivity (Wildman–Crippen MR) is 130 cm³/mol. The largest absolute Gasteiger partial charge is 0.423 e. The minimum Gasteiger partial charge on any atom is -0.423 e. The van der Waals surface area contributed by atoms with Crippen molar-refractivity contribution in [2.24, 2.45) is 17.6 Å². The van der Waals surface area contributed by atoms with E-state index < -0.39 is 0 Å². The van der Waals surface area contributed by atoms with Crippen LogP contribution in [0.5, 0.6) is 11.8 Å². The lowest BCUT2D eigenvalue weighted by Crippen LogP contribution is -2.32. The van der Waals surface area contributed by atoms with Crippen molar-refractivity contribution in [1.29, 1.82) is 0 Å². The monoisotopic (exact) mass is 460 g/mol. The van der Waals surface area contributed by atoms with E-state index in [2.05, 4.69) is 15.2 Å². The summed E-state index contributed by atoms with van der Waals surface area (Å²) in [5, 5.41) is 3.14. The van der Waals surface area contributed by atoms with Crippen LogP contribution in [0.1, 0.15) is 36.2 Å². The molecule has 2 fully saturated rings. The number of anilines is 2. The molecule has 8 heteroatoms. The zero-order valence-corrected chi connectivity index (χ0v) is 19.5. The summed E-state index contributed by atoms with van der Waals surface area (Å²) in [5.41, 5.74) is 11.7. The minimum absolute atomic E-state index is 0.269. The van der Waals surface area contributed by atoms with E-state index in [1.54, 1.807) is 18.3 Å². The van der Waals surface area contributed by atoms with Crippen molar-refractivity contribution >= 4 is 11.5 Å². The number of rotatable bonds is 4. The van der Waals surface area contributed by atoms with Gasteiger partial charge < -0.3 is 20.7 Å². The predicted octanol–water partition coefficient (Wildman–Crippen LogP) is 4.29. The maximum atomic E-state index is 14.6. The van der Waals surface area contributed by atoms with E-state index in [1.807, 2.05) is 26.1 Å². The molecule has 1 aliphatic heterocycles. The van der Waals surface area contributed by atoms with Crippen LogP contribution in [0.15, 0.2) is 30.5 Å². The molecule has 34 heavy (non-hydrogen) atoms. The van der Waals surface area contributed by atoms with Crippen LogP contribution in [0.3, 0.4) is 0 Å². The fourth-order valence-electron chi connectivity index (χ4n) is 5.85. The van der Waals surface area contributed by atoms with Crippen LogP contribution < -0.4 is 20.7 Å². The molecule has 3 aromatic rings. The Hall–Kier alpha value is -3.26. The highest BCUT2D eigenvalue weighted by Gasteiger charge is 2.40. The highest BCUT2D eigenvalue weighted by molar-refractivity contribution is 5.88. The fourth-order valence-corrected chi connectivity index (χ4v) is 5.85. The van der Waals surface area contributed by atoms with Gasteiger partial charge in [0.25, 0.3) is 0 Å². The number of hydrogen-bond donors (Lipinski definition) is 2. The zero-order chi connectivity index (χ0) is 23.4. The second kappa shape index (κ2) is 8.20. The molecule has 6 rings (SSSR count). The second-order valence-corrected chi connectivity index (χ2v) is 9.79. The number of aromatic nitrogens is 3. The van der Waals surface area contributed by atoms with E-state index in [0.29, 0.717) is 30.0 Å². The van der Waals surface area contributed by atoms with Gasteiger partial charge in [-0.1, -0.05) is 0 Å². The van der Waals surface area contributed by atoms with Gasteiger partial charge in [0.15, 0.2) is 0 Å². The molecule has 2 aliphatic carbocycles. The first-order chi connectivity index (χ1) is 16.5. The van der Waals surface area contributed by atoms with Gasteiger partial charge in [0.2, 0.25) is 0 Å². The smallest absolute Gasteiger partial charge is 0.324 e. The van der Waals surface area contributed by atoms with E-state index in [1.165, 1.54) is 0 Å². The lowest BCUT2D eigenvalue weighted by Gasteiger charge is -2.27. The van der Waals surface area contributed by atoms with Gasteiger partial charge in [0, 0.05) is 49.5 Å². The van der Waals surface area contributed by atoms with Gasteiger partial charge in [-0.05, 0) is 73.4 Å². The van der Waals surface area contributed by atoms with Crippen molar-refractivity contribution in [3.8, 4) is 22.9 Å². The average molecular weight is 461 g/mol. The molecule has 0 spiro atoms. The fraction of sp³-hybridized carbons (Fsp3) is 0.423. The Kier molecular flexibility index (Phi) is 5.13. The molecule has 0 radical (unpaired) electrons. The first-order valence-corrected chi connectivity index (χ1v) is 12.0. The van der Waals surface area contributed by atoms with E-state index in [0.717, 1.165) is 71.9 Å². The summed E-state index contributed by atoms with van der Waals surface area (Å²) >= 11 is 0. The van der Waals surface area contributed by atoms with Crippen molar-refractivity contribution < 1.29 is 9.13 Å². The minimum atomic E-state index is -0.269. The molecule has 0 bridgehead atoms. The average Bonchev–Trinajstić information content (AvgIpc) is 3.40. The number of nitrogens with zero attached hydrogens (tertiary/aromatic N) is 4. The topological polar surface area (TPSA) is 89.2 Å². The molecule has 1 saturated heterocycles. The maximum absolute atomic E-state index is 14.6. The van der Waals surface area contributed by atoms with Gasteiger partial charge in [0.05, 0.1) is 11.9 Å². The molecule has 3 atom stereocenters. The normalized spacial score (nSPS) is 22.8. The lowest BCUT2D eigenvalue weighted by atomic mass is 9.79. The second-order valence-electron chi connectivity index (χ2n) is 9.79. The first kappa shape index (κ1) is 21.3. The van der Waals surface area contributed by atoms with Crippen LogP contribution in [0.4, 0.5) is 15.9 Å². The van der Waals surface area contributed by atoms with Gasteiger partial charge >= 0.3 is 6.01 Å². The van der Waals surface area contributed by atoms with Gasteiger partial charge in [-0.15, -0.1) is 0 Å². The van der Waals surface area contributed by atoms with Crippen molar-refractivity contribution in [3.05, 3.63) is 53.2 Å². The molecule has 3 heterocycles. The SMILES string of the molecule is CNc1cc(F)cc2c1Cc1nc(Oc3ccc(C)nc3)nc(N3C[C@H]4C[C@@H](N)CC[C@H]4C3)c1-2. The van der Waals surface area contributed by atoms with Gasteiger partial charge in [0.1, 0.15) is 17.4 Å². The number of halogens is 1. The highest BCUT2D eigenvalue weighted by Crippen LogP contribution is 2.47. The zero-order valence-electron chi connectivity index (χ0n) is 19.5. The van der Waals surface area contributed by atoms with Crippen molar-refractivity contribution in [1.82, 2.24) is 15.0 Å². The number of fused-ring (bicyclic) bond motifs is 4. The van der Waals surface area contributed by atoms with Crippen molar-refractivity contribution in [2.75, 3.05) is 30.4 Å². The lowest BCUT2D eigenvalue weighted by molar-refractivity contribution is 0.271. The number of aryl methyl sites for hydroxylation is 1. The van der Waals surface area contributed by atoms with Crippen LogP contribution in [0, 0.1) is 24.6 Å². The molecule has 3 aliphatic rings. The van der Waals surface area contributed by atoms with E-state index in [9.17, 15) is 4.39 Å². The third kappa shape index (κ3) is 3.66. The molecule has 2 aromatic heterocycles. The summed E-state index contributed by atoms with van der Waals surface area (Å²) in [7, 11) is 1.82. The number of ether oxygens (including phenoxy) is 1. The first-order valence-electron chi connectivity index (χ1n) is 12.0. The Labute approximate surface area is 198 Å². The molecule has 7 nitrogen and oxygen atoms in total. The van der Waals surface area contributed by atoms with Crippen molar-refractivity contribution in [2.45, 2.75) is 38.6 Å². The third-order valence-electron chi connectivity index (χ3n) is 7.53. The Balaban J connectivity index is 1.44. The standard InChI is InChI=1S/C26H29FN6O/c1-14-3-6-19(11-30-14)34-26-31-23-10-20-21(8-17(27)9-22(20)29-2)24(23)25(32-26)33-12-15-4-5-18(28)7-16(15)13-33/h3,6,8-9,11,15-16,18,29H,4-5,7,10,12-13,28H2,1-2H3/t15-,16+,18-/m0/s1. The molecule has 0 amide bonds. The number of nitrogens with one attached hydrogen (secondary N) is 1. The van der Waals surface area contributed by atoms with Crippen LogP contribution in [-0.4, -0.2) is 41.1 Å². The summed E-state index contributed by atoms with van der Waals surface area (Å²) in [6, 6.07) is 7.49. The Bertz CT molecular complexity index is 1250. The Morgan fingerprint density at radius 2 is 2.00 bits per heavy atom. The highest BCUT2D eigenvalue weighted by atomic mass is 19.1. The van der Waals surface area contributed by atoms with Gasteiger partial charge in [-0.25, -0.2) is 4.39 Å². The maximum Gasteiger partial charge on any atom is 0.324 e. The van der Waals surface area contributed by atoms with E-state index in [4.69, 9.17) is 20.4 Å². The Morgan fingerprint density at radius 1 is 1.15 bits per heavy atom. The quantitative estimate of drug-likeness (QED) is 0.470.